The molecule has 2 aromatic heterocycles. The highest BCUT2D eigenvalue weighted by Crippen LogP contribution is 2.35. The Hall–Kier alpha value is -3.08. The highest BCUT2D eigenvalue weighted by atomic mass is 32.1. The van der Waals surface area contributed by atoms with Crippen LogP contribution in [0.2, 0.25) is 0 Å². The monoisotopic (exact) mass is 497 g/mol. The number of benzene rings is 1. The van der Waals surface area contributed by atoms with Crippen molar-refractivity contribution in [3.8, 4) is 5.88 Å². The largest absolute Gasteiger partial charge is 0.480 e. The van der Waals surface area contributed by atoms with E-state index in [1.165, 1.54) is 11.3 Å². The van der Waals surface area contributed by atoms with Crippen LogP contribution in [0.15, 0.2) is 18.2 Å². The smallest absolute Gasteiger partial charge is 0.264 e. The number of nitrogens with zero attached hydrogens (tertiary/aromatic N) is 4. The first-order valence-corrected chi connectivity index (χ1v) is 12.3. The Morgan fingerprint density at radius 1 is 1.06 bits per heavy atom. The number of methoxy groups -OCH3 is 2. The lowest BCUT2D eigenvalue weighted by Crippen LogP contribution is -2.50. The van der Waals surface area contributed by atoms with Gasteiger partial charge in [0.15, 0.2) is 5.82 Å². The molecule has 0 radical (unpaired) electrons. The van der Waals surface area contributed by atoms with E-state index in [9.17, 15) is 9.59 Å². The number of ether oxygens (including phenoxy) is 2. The minimum Gasteiger partial charge on any atom is -0.480 e. The number of nitrogens with one attached hydrogen (secondary N) is 1. The number of thiophene rings is 1. The fraction of sp³-hybridized carbons (Fsp3) is 0.440. The third-order valence-corrected chi connectivity index (χ3v) is 7.54. The fourth-order valence-corrected chi connectivity index (χ4v) is 5.38. The van der Waals surface area contributed by atoms with Crippen LogP contribution in [-0.2, 0) is 16.1 Å². The van der Waals surface area contributed by atoms with E-state index in [0.29, 0.717) is 54.1 Å². The number of hydrogen-bond acceptors (Lipinski definition) is 8. The number of aryl methyl sites for hydroxylation is 2. The van der Waals surface area contributed by atoms with Crippen LogP contribution in [0.4, 0.5) is 5.69 Å². The molecule has 0 aliphatic carbocycles. The Labute approximate surface area is 209 Å². The summed E-state index contributed by atoms with van der Waals surface area (Å²) in [6, 6.07) is 5.89. The van der Waals surface area contributed by atoms with Crippen molar-refractivity contribution in [2.75, 3.05) is 52.3 Å². The van der Waals surface area contributed by atoms with Crippen molar-refractivity contribution < 1.29 is 19.1 Å². The second kappa shape index (κ2) is 10.7. The Kier molecular flexibility index (Phi) is 7.63. The first-order chi connectivity index (χ1) is 16.8. The first-order valence-electron chi connectivity index (χ1n) is 11.5. The van der Waals surface area contributed by atoms with E-state index in [2.05, 4.69) is 20.2 Å². The number of piperazine rings is 1. The molecule has 1 aliphatic heterocycles. The number of amides is 2. The molecule has 35 heavy (non-hydrogen) atoms. The Morgan fingerprint density at radius 2 is 1.80 bits per heavy atom. The van der Waals surface area contributed by atoms with Crippen LogP contribution in [0.1, 0.15) is 32.2 Å². The molecule has 186 valence electrons. The molecule has 1 saturated heterocycles. The Bertz CT molecular complexity index is 1250. The fourth-order valence-electron chi connectivity index (χ4n) is 4.22. The van der Waals surface area contributed by atoms with Crippen molar-refractivity contribution in [2.24, 2.45) is 0 Å². The van der Waals surface area contributed by atoms with Crippen molar-refractivity contribution >= 4 is 39.1 Å². The molecule has 1 fully saturated rings. The molecule has 3 aromatic rings. The highest BCUT2D eigenvalue weighted by molar-refractivity contribution is 7.20. The van der Waals surface area contributed by atoms with Gasteiger partial charge in [-0.15, -0.1) is 11.3 Å². The maximum absolute atomic E-state index is 13.4. The summed E-state index contributed by atoms with van der Waals surface area (Å²) < 4.78 is 10.6. The van der Waals surface area contributed by atoms with Crippen molar-refractivity contribution in [3.05, 3.63) is 45.6 Å². The van der Waals surface area contributed by atoms with Gasteiger partial charge >= 0.3 is 0 Å². The van der Waals surface area contributed by atoms with Gasteiger partial charge in [0, 0.05) is 39.0 Å². The van der Waals surface area contributed by atoms with E-state index in [1.807, 2.05) is 43.9 Å². The molecule has 9 nitrogen and oxygen atoms in total. The number of hydrogen-bond donors (Lipinski definition) is 1. The van der Waals surface area contributed by atoms with Crippen molar-refractivity contribution in [1.82, 2.24) is 19.8 Å². The summed E-state index contributed by atoms with van der Waals surface area (Å²) >= 11 is 1.35. The average molecular weight is 498 g/mol. The standard InChI is InChI=1S/C25H31N5O4S/c1-15-7-6-8-18(16(15)2)26-20(31)13-29-9-11-30(12-10-29)25(32)22-17(3)21-23(34-5)27-19(14-33-4)28-24(21)35-22/h6-8H,9-14H2,1-5H3,(H,26,31). The van der Waals surface area contributed by atoms with Crippen molar-refractivity contribution in [1.29, 1.82) is 0 Å². The van der Waals surface area contributed by atoms with Gasteiger partial charge in [-0.2, -0.15) is 4.98 Å². The third kappa shape index (κ3) is 5.29. The molecule has 3 heterocycles. The molecular formula is C25H31N5O4S. The zero-order valence-electron chi connectivity index (χ0n) is 20.8. The lowest BCUT2D eigenvalue weighted by Gasteiger charge is -2.34. The summed E-state index contributed by atoms with van der Waals surface area (Å²) in [7, 11) is 3.15. The molecule has 0 saturated carbocycles. The second-order valence-electron chi connectivity index (χ2n) is 8.68. The Balaban J connectivity index is 1.40. The molecular weight excluding hydrogens is 466 g/mol. The van der Waals surface area contributed by atoms with E-state index in [1.54, 1.807) is 14.2 Å². The molecule has 1 aromatic carbocycles. The first kappa shape index (κ1) is 25.0. The predicted octanol–water partition coefficient (Wildman–Crippen LogP) is 3.17. The predicted molar refractivity (Wildman–Crippen MR) is 136 cm³/mol. The van der Waals surface area contributed by atoms with Gasteiger partial charge in [0.25, 0.3) is 5.91 Å². The van der Waals surface area contributed by atoms with Gasteiger partial charge in [-0.25, -0.2) is 4.98 Å². The molecule has 0 atom stereocenters. The number of aromatic nitrogens is 2. The maximum Gasteiger partial charge on any atom is 0.264 e. The second-order valence-corrected chi connectivity index (χ2v) is 9.68. The zero-order valence-corrected chi connectivity index (χ0v) is 21.6. The van der Waals surface area contributed by atoms with E-state index < -0.39 is 0 Å². The minimum absolute atomic E-state index is 0.0275. The molecule has 0 spiro atoms. The van der Waals surface area contributed by atoms with Crippen LogP contribution in [0.25, 0.3) is 10.2 Å². The number of carbonyl (C=O) groups excluding carboxylic acids is 2. The van der Waals surface area contributed by atoms with Crippen LogP contribution in [0.5, 0.6) is 5.88 Å². The zero-order chi connectivity index (χ0) is 25.1. The van der Waals surface area contributed by atoms with Crippen LogP contribution in [0.3, 0.4) is 0 Å². The number of rotatable bonds is 7. The number of carbonyl (C=O) groups is 2. The maximum atomic E-state index is 13.4. The quantitative estimate of drug-likeness (QED) is 0.536. The van der Waals surface area contributed by atoms with Gasteiger partial charge in [0.2, 0.25) is 11.8 Å². The molecule has 4 rings (SSSR count). The van der Waals surface area contributed by atoms with Gasteiger partial charge in [-0.3, -0.25) is 14.5 Å². The molecule has 10 heteroatoms. The molecule has 1 aliphatic rings. The summed E-state index contributed by atoms with van der Waals surface area (Å²) in [5, 5.41) is 3.78. The lowest BCUT2D eigenvalue weighted by atomic mass is 10.1. The SMILES string of the molecule is COCc1nc(OC)c2c(C)c(C(=O)N3CCN(CC(=O)Nc4cccc(C)c4C)CC3)sc2n1. The molecule has 2 amide bonds. The molecule has 1 N–H and O–H groups in total. The van der Waals surface area contributed by atoms with Crippen LogP contribution in [0, 0.1) is 20.8 Å². The van der Waals surface area contributed by atoms with Crippen LogP contribution in [-0.4, -0.2) is 78.5 Å². The third-order valence-electron chi connectivity index (χ3n) is 6.37. The minimum atomic E-state index is -0.0450. The summed E-state index contributed by atoms with van der Waals surface area (Å²) in [6.45, 7) is 8.89. The van der Waals surface area contributed by atoms with E-state index in [4.69, 9.17) is 9.47 Å². The van der Waals surface area contributed by atoms with Crippen molar-refractivity contribution in [3.63, 3.8) is 0 Å². The summed E-state index contributed by atoms with van der Waals surface area (Å²) in [6.07, 6.45) is 0. The molecule has 0 unspecified atom stereocenters. The highest BCUT2D eigenvalue weighted by Gasteiger charge is 2.28. The summed E-state index contributed by atoms with van der Waals surface area (Å²) in [5.41, 5.74) is 3.89. The van der Waals surface area contributed by atoms with Gasteiger partial charge in [-0.05, 0) is 43.5 Å². The van der Waals surface area contributed by atoms with Gasteiger partial charge in [0.1, 0.15) is 11.4 Å². The summed E-state index contributed by atoms with van der Waals surface area (Å²) in [4.78, 5) is 40.2. The molecule has 0 bridgehead atoms. The number of fused-ring (bicyclic) bond motifs is 1. The van der Waals surface area contributed by atoms with E-state index >= 15 is 0 Å². The van der Waals surface area contributed by atoms with Crippen molar-refractivity contribution in [2.45, 2.75) is 27.4 Å². The van der Waals surface area contributed by atoms with E-state index in [-0.39, 0.29) is 18.4 Å². The van der Waals surface area contributed by atoms with E-state index in [0.717, 1.165) is 27.8 Å². The van der Waals surface area contributed by atoms with Gasteiger partial charge in [-0.1, -0.05) is 12.1 Å². The van der Waals surface area contributed by atoms with Crippen LogP contribution >= 0.6 is 11.3 Å². The normalized spacial score (nSPS) is 14.4. The lowest BCUT2D eigenvalue weighted by molar-refractivity contribution is -0.117. The van der Waals surface area contributed by atoms with Gasteiger partial charge in [0.05, 0.1) is 23.9 Å². The summed E-state index contributed by atoms with van der Waals surface area (Å²) in [5.74, 6) is 0.899. The topological polar surface area (TPSA) is 96.9 Å². The Morgan fingerprint density at radius 3 is 2.49 bits per heavy atom. The average Bonchev–Trinajstić information content (AvgIpc) is 3.18. The number of anilines is 1. The van der Waals surface area contributed by atoms with Gasteiger partial charge < -0.3 is 19.7 Å². The van der Waals surface area contributed by atoms with Crippen LogP contribution < -0.4 is 10.1 Å².